The zero-order chi connectivity index (χ0) is 14.8. The third-order valence-corrected chi connectivity index (χ3v) is 3.25. The Morgan fingerprint density at radius 3 is 2.81 bits per heavy atom. The summed E-state index contributed by atoms with van der Waals surface area (Å²) in [5, 5.41) is 7.66. The van der Waals surface area contributed by atoms with Crippen LogP contribution in [-0.4, -0.2) is 15.2 Å². The van der Waals surface area contributed by atoms with Crippen molar-refractivity contribution in [1.82, 2.24) is 15.2 Å². The zero-order valence-electron chi connectivity index (χ0n) is 11.0. The molecule has 0 fully saturated rings. The third kappa shape index (κ3) is 2.26. The van der Waals surface area contributed by atoms with E-state index in [2.05, 4.69) is 20.0 Å². The predicted molar refractivity (Wildman–Crippen MR) is 79.7 cm³/mol. The molecule has 2 aromatic heterocycles. The van der Waals surface area contributed by atoms with E-state index in [0.717, 1.165) is 11.1 Å². The van der Waals surface area contributed by atoms with E-state index in [9.17, 15) is 4.79 Å². The van der Waals surface area contributed by atoms with Gasteiger partial charge >= 0.3 is 0 Å². The zero-order valence-corrected chi connectivity index (χ0v) is 11.0. The largest absolute Gasteiger partial charge is 0.325 e. The van der Waals surface area contributed by atoms with Gasteiger partial charge in [-0.1, -0.05) is 6.07 Å². The standard InChI is InChI=1S/C15H11N5O/c1-17-11-4-10(7-18-8-11)9-2-3-12-13(5-9)14(6-16)19-20-15(12)21/h2-5,7-8H,6,16H2,(H,20,21). The monoisotopic (exact) mass is 277 g/mol. The topological polar surface area (TPSA) is 89.0 Å². The Balaban J connectivity index is 2.25. The van der Waals surface area contributed by atoms with E-state index < -0.39 is 0 Å². The van der Waals surface area contributed by atoms with Gasteiger partial charge in [-0.25, -0.2) is 9.94 Å². The second-order valence-corrected chi connectivity index (χ2v) is 4.51. The molecule has 6 heteroatoms. The van der Waals surface area contributed by atoms with Crippen LogP contribution in [0.5, 0.6) is 0 Å². The van der Waals surface area contributed by atoms with Gasteiger partial charge in [-0.05, 0) is 29.3 Å². The highest BCUT2D eigenvalue weighted by Crippen LogP contribution is 2.26. The molecule has 6 nitrogen and oxygen atoms in total. The Kier molecular flexibility index (Phi) is 3.18. The molecule has 3 N–H and O–H groups in total. The Hall–Kier alpha value is -3.04. The molecular formula is C15H11N5O. The third-order valence-electron chi connectivity index (χ3n) is 3.25. The molecule has 0 saturated heterocycles. The molecule has 102 valence electrons. The molecule has 0 unspecified atom stereocenters. The average molecular weight is 277 g/mol. The minimum Gasteiger partial charge on any atom is -0.325 e. The summed E-state index contributed by atoms with van der Waals surface area (Å²) in [7, 11) is 0. The summed E-state index contributed by atoms with van der Waals surface area (Å²) in [6.07, 6.45) is 3.19. The first-order valence-corrected chi connectivity index (χ1v) is 6.27. The van der Waals surface area contributed by atoms with Crippen LogP contribution in [0.15, 0.2) is 41.5 Å². The number of rotatable bonds is 2. The van der Waals surface area contributed by atoms with Crippen LogP contribution in [0, 0.1) is 6.57 Å². The highest BCUT2D eigenvalue weighted by Gasteiger charge is 2.08. The highest BCUT2D eigenvalue weighted by atomic mass is 16.1. The van der Waals surface area contributed by atoms with Crippen molar-refractivity contribution < 1.29 is 0 Å². The van der Waals surface area contributed by atoms with Gasteiger partial charge in [-0.2, -0.15) is 5.10 Å². The maximum absolute atomic E-state index is 11.8. The maximum atomic E-state index is 11.8. The quantitative estimate of drug-likeness (QED) is 0.701. The Morgan fingerprint density at radius 2 is 2.05 bits per heavy atom. The summed E-state index contributed by atoms with van der Waals surface area (Å²) in [5.41, 5.74) is 8.19. The fraction of sp³-hybridized carbons (Fsp3) is 0.0667. The van der Waals surface area contributed by atoms with Crippen molar-refractivity contribution in [2.75, 3.05) is 0 Å². The number of hydrogen-bond donors (Lipinski definition) is 2. The molecule has 0 atom stereocenters. The van der Waals surface area contributed by atoms with Crippen LogP contribution >= 0.6 is 0 Å². The summed E-state index contributed by atoms with van der Waals surface area (Å²) in [6, 6.07) is 7.16. The van der Waals surface area contributed by atoms with Gasteiger partial charge in [-0.15, -0.1) is 0 Å². The predicted octanol–water partition coefficient (Wildman–Crippen LogP) is 1.99. The van der Waals surface area contributed by atoms with Crippen LogP contribution in [0.3, 0.4) is 0 Å². The number of nitrogens with one attached hydrogen (secondary N) is 1. The number of hydrogen-bond acceptors (Lipinski definition) is 4. The normalized spacial score (nSPS) is 10.5. The van der Waals surface area contributed by atoms with Crippen molar-refractivity contribution in [1.29, 1.82) is 0 Å². The number of aromatic amines is 1. The van der Waals surface area contributed by atoms with Crippen molar-refractivity contribution in [3.63, 3.8) is 0 Å². The number of nitrogens with two attached hydrogens (primary N) is 1. The van der Waals surface area contributed by atoms with Gasteiger partial charge in [0.05, 0.1) is 17.7 Å². The van der Waals surface area contributed by atoms with E-state index >= 15 is 0 Å². The second kappa shape index (κ2) is 5.15. The van der Waals surface area contributed by atoms with Gasteiger partial charge in [0.1, 0.15) is 0 Å². The number of benzene rings is 1. The number of nitrogens with zero attached hydrogens (tertiary/aromatic N) is 3. The van der Waals surface area contributed by atoms with Crippen molar-refractivity contribution in [3.8, 4) is 11.1 Å². The number of H-pyrrole nitrogens is 1. The SMILES string of the molecule is [C-]#[N+]c1cncc(-c2ccc3c(=O)[nH]nc(CN)c3c2)c1. The summed E-state index contributed by atoms with van der Waals surface area (Å²) in [4.78, 5) is 19.2. The lowest BCUT2D eigenvalue weighted by atomic mass is 10.0. The van der Waals surface area contributed by atoms with E-state index in [1.165, 1.54) is 6.20 Å². The molecule has 3 rings (SSSR count). The van der Waals surface area contributed by atoms with Crippen LogP contribution in [0.4, 0.5) is 5.69 Å². The van der Waals surface area contributed by atoms with E-state index in [4.69, 9.17) is 12.3 Å². The lowest BCUT2D eigenvalue weighted by Crippen LogP contribution is -2.13. The summed E-state index contributed by atoms with van der Waals surface area (Å²) in [6.45, 7) is 7.27. The van der Waals surface area contributed by atoms with Crippen LogP contribution in [-0.2, 0) is 6.54 Å². The molecule has 1 aromatic carbocycles. The van der Waals surface area contributed by atoms with Gasteiger partial charge < -0.3 is 5.73 Å². The van der Waals surface area contributed by atoms with Gasteiger partial charge in [0.2, 0.25) is 5.69 Å². The van der Waals surface area contributed by atoms with Crippen molar-refractivity contribution >= 4 is 16.5 Å². The molecule has 0 aliphatic rings. The molecule has 0 radical (unpaired) electrons. The van der Waals surface area contributed by atoms with Crippen molar-refractivity contribution in [3.05, 3.63) is 64.1 Å². The lowest BCUT2D eigenvalue weighted by Gasteiger charge is -2.06. The van der Waals surface area contributed by atoms with Crippen LogP contribution in [0.2, 0.25) is 0 Å². The van der Waals surface area contributed by atoms with Crippen LogP contribution < -0.4 is 11.3 Å². The Bertz CT molecular complexity index is 923. The minimum atomic E-state index is -0.248. The first-order chi connectivity index (χ1) is 10.2. The van der Waals surface area contributed by atoms with E-state index in [1.807, 2.05) is 12.1 Å². The average Bonchev–Trinajstić information content (AvgIpc) is 2.55. The minimum absolute atomic E-state index is 0.233. The molecule has 2 heterocycles. The first kappa shape index (κ1) is 13.0. The highest BCUT2D eigenvalue weighted by molar-refractivity contribution is 5.88. The molecule has 0 aliphatic heterocycles. The molecule has 0 saturated carbocycles. The number of aromatic nitrogens is 3. The second-order valence-electron chi connectivity index (χ2n) is 4.51. The Labute approximate surface area is 120 Å². The first-order valence-electron chi connectivity index (χ1n) is 6.27. The molecular weight excluding hydrogens is 266 g/mol. The van der Waals surface area contributed by atoms with E-state index in [-0.39, 0.29) is 12.1 Å². The smallest absolute Gasteiger partial charge is 0.272 e. The fourth-order valence-electron chi connectivity index (χ4n) is 2.20. The van der Waals surface area contributed by atoms with Gasteiger partial charge in [0, 0.05) is 24.3 Å². The van der Waals surface area contributed by atoms with E-state index in [1.54, 1.807) is 18.3 Å². The molecule has 3 aromatic rings. The van der Waals surface area contributed by atoms with Crippen LogP contribution in [0.25, 0.3) is 26.7 Å². The summed E-state index contributed by atoms with van der Waals surface area (Å²) >= 11 is 0. The lowest BCUT2D eigenvalue weighted by molar-refractivity contribution is 0.900. The van der Waals surface area contributed by atoms with Crippen molar-refractivity contribution in [2.45, 2.75) is 6.54 Å². The summed E-state index contributed by atoms with van der Waals surface area (Å²) < 4.78 is 0. The molecule has 21 heavy (non-hydrogen) atoms. The molecule has 0 amide bonds. The molecule has 0 bridgehead atoms. The maximum Gasteiger partial charge on any atom is 0.272 e. The van der Waals surface area contributed by atoms with Gasteiger partial charge in [0.25, 0.3) is 5.56 Å². The Morgan fingerprint density at radius 1 is 1.19 bits per heavy atom. The van der Waals surface area contributed by atoms with Gasteiger partial charge in [0.15, 0.2) is 0 Å². The van der Waals surface area contributed by atoms with Crippen LogP contribution in [0.1, 0.15) is 5.69 Å². The fourth-order valence-corrected chi connectivity index (χ4v) is 2.20. The number of pyridine rings is 1. The number of fused-ring (bicyclic) bond motifs is 1. The van der Waals surface area contributed by atoms with E-state index in [0.29, 0.717) is 22.2 Å². The van der Waals surface area contributed by atoms with Crippen molar-refractivity contribution in [2.24, 2.45) is 5.73 Å². The summed E-state index contributed by atoms with van der Waals surface area (Å²) in [5.74, 6) is 0. The molecule has 0 aliphatic carbocycles. The molecule has 0 spiro atoms. The van der Waals surface area contributed by atoms with Gasteiger partial charge in [-0.3, -0.25) is 9.78 Å².